The molecule has 0 aromatic rings. The Morgan fingerprint density at radius 1 is 1.70 bits per heavy atom. The van der Waals surface area contributed by atoms with Gasteiger partial charge in [-0.05, 0) is 19.3 Å². The lowest BCUT2D eigenvalue weighted by atomic mass is 9.95. The minimum absolute atomic E-state index is 0.0417. The largest absolute Gasteiger partial charge is 0.387 e. The van der Waals surface area contributed by atoms with E-state index < -0.39 is 5.60 Å². The lowest BCUT2D eigenvalue weighted by molar-refractivity contribution is -0.124. The highest BCUT2D eigenvalue weighted by Crippen LogP contribution is 2.38. The van der Waals surface area contributed by atoms with Crippen LogP contribution in [-0.2, 0) is 4.79 Å². The molecule has 10 heavy (non-hydrogen) atoms. The predicted molar refractivity (Wildman–Crippen MR) is 35.3 cm³/mol. The van der Waals surface area contributed by atoms with Gasteiger partial charge in [0, 0.05) is 6.54 Å². The van der Waals surface area contributed by atoms with Crippen molar-refractivity contribution in [1.82, 2.24) is 5.32 Å². The van der Waals surface area contributed by atoms with Crippen molar-refractivity contribution in [3.05, 3.63) is 0 Å². The van der Waals surface area contributed by atoms with Crippen molar-refractivity contribution >= 4 is 5.91 Å². The zero-order valence-electron chi connectivity index (χ0n) is 5.76. The summed E-state index contributed by atoms with van der Waals surface area (Å²) in [6.07, 6.45) is 2.65. The van der Waals surface area contributed by atoms with E-state index in [0.717, 1.165) is 19.3 Å². The lowest BCUT2D eigenvalue weighted by Crippen LogP contribution is -2.33. The summed E-state index contributed by atoms with van der Waals surface area (Å²) in [7, 11) is 0. The van der Waals surface area contributed by atoms with Crippen LogP contribution in [0.2, 0.25) is 0 Å². The van der Waals surface area contributed by atoms with Crippen LogP contribution >= 0.6 is 0 Å². The number of aliphatic hydroxyl groups is 1. The molecule has 56 valence electrons. The Morgan fingerprint density at radius 3 is 3.20 bits per heavy atom. The molecule has 2 fully saturated rings. The molecule has 1 saturated heterocycles. The third kappa shape index (κ3) is 0.611. The van der Waals surface area contributed by atoms with Gasteiger partial charge in [-0.25, -0.2) is 0 Å². The van der Waals surface area contributed by atoms with E-state index >= 15 is 0 Å². The number of nitrogens with one attached hydrogen (secondary N) is 1. The minimum Gasteiger partial charge on any atom is -0.387 e. The Morgan fingerprint density at radius 2 is 2.50 bits per heavy atom. The number of rotatable bonds is 0. The predicted octanol–water partition coefficient (Wildman–Crippen LogP) is -0.353. The zero-order chi connectivity index (χ0) is 7.19. The van der Waals surface area contributed by atoms with Gasteiger partial charge in [-0.1, -0.05) is 0 Å². The van der Waals surface area contributed by atoms with Gasteiger partial charge < -0.3 is 10.4 Å². The summed E-state index contributed by atoms with van der Waals surface area (Å²) in [5, 5.41) is 12.4. The smallest absolute Gasteiger partial charge is 0.226 e. The SMILES string of the molecule is O=C1NCC2(O)CCCC12. The van der Waals surface area contributed by atoms with Crippen LogP contribution in [0.3, 0.4) is 0 Å². The number of carbonyl (C=O) groups is 1. The van der Waals surface area contributed by atoms with E-state index in [1.807, 2.05) is 0 Å². The molecule has 0 spiro atoms. The van der Waals surface area contributed by atoms with Crippen LogP contribution in [0.4, 0.5) is 0 Å². The summed E-state index contributed by atoms with van der Waals surface area (Å²) >= 11 is 0. The molecule has 2 rings (SSSR count). The molecule has 2 atom stereocenters. The maximum absolute atomic E-state index is 11.0. The second-order valence-corrected chi connectivity index (χ2v) is 3.27. The first-order valence-corrected chi connectivity index (χ1v) is 3.72. The van der Waals surface area contributed by atoms with Crippen LogP contribution in [-0.4, -0.2) is 23.2 Å². The summed E-state index contributed by atoms with van der Waals surface area (Å²) in [4.78, 5) is 11.0. The number of fused-ring (bicyclic) bond motifs is 1. The van der Waals surface area contributed by atoms with Crippen molar-refractivity contribution in [2.24, 2.45) is 5.92 Å². The Labute approximate surface area is 59.4 Å². The first kappa shape index (κ1) is 6.16. The third-order valence-electron chi connectivity index (χ3n) is 2.64. The molecule has 0 bridgehead atoms. The van der Waals surface area contributed by atoms with Gasteiger partial charge >= 0.3 is 0 Å². The van der Waals surface area contributed by atoms with Gasteiger partial charge in [0.25, 0.3) is 0 Å². The molecule has 1 heterocycles. The van der Waals surface area contributed by atoms with Crippen LogP contribution < -0.4 is 5.32 Å². The first-order valence-electron chi connectivity index (χ1n) is 3.72. The Balaban J connectivity index is 2.27. The standard InChI is InChI=1S/C7H11NO2/c9-6-5-2-1-3-7(5,10)4-8-6/h5,10H,1-4H2,(H,8,9). The van der Waals surface area contributed by atoms with Crippen molar-refractivity contribution in [2.75, 3.05) is 6.54 Å². The van der Waals surface area contributed by atoms with E-state index in [-0.39, 0.29) is 11.8 Å². The maximum Gasteiger partial charge on any atom is 0.226 e. The van der Waals surface area contributed by atoms with Gasteiger partial charge in [-0.2, -0.15) is 0 Å². The molecule has 2 N–H and O–H groups in total. The Bertz CT molecular complexity index is 180. The molecule has 2 unspecified atom stereocenters. The quantitative estimate of drug-likeness (QED) is 0.484. The van der Waals surface area contributed by atoms with Crippen molar-refractivity contribution in [2.45, 2.75) is 24.9 Å². The summed E-state index contributed by atoms with van der Waals surface area (Å²) in [6.45, 7) is 0.469. The molecule has 0 radical (unpaired) electrons. The second-order valence-electron chi connectivity index (χ2n) is 3.27. The molecule has 3 nitrogen and oxygen atoms in total. The summed E-state index contributed by atoms with van der Waals surface area (Å²) in [5.41, 5.74) is -0.683. The lowest BCUT2D eigenvalue weighted by Gasteiger charge is -2.17. The number of hydrogen-bond donors (Lipinski definition) is 2. The fourth-order valence-corrected chi connectivity index (χ4v) is 2.01. The average Bonchev–Trinajstić information content (AvgIpc) is 2.35. The van der Waals surface area contributed by atoms with Crippen molar-refractivity contribution in [3.63, 3.8) is 0 Å². The molecular formula is C7H11NO2. The fraction of sp³-hybridized carbons (Fsp3) is 0.857. The van der Waals surface area contributed by atoms with E-state index in [1.54, 1.807) is 0 Å². The molecule has 1 saturated carbocycles. The molecule has 0 aromatic heterocycles. The van der Waals surface area contributed by atoms with Crippen LogP contribution in [0.5, 0.6) is 0 Å². The molecule has 1 aliphatic carbocycles. The third-order valence-corrected chi connectivity index (χ3v) is 2.64. The van der Waals surface area contributed by atoms with E-state index in [2.05, 4.69) is 5.32 Å². The first-order chi connectivity index (χ1) is 4.72. The van der Waals surface area contributed by atoms with Crippen LogP contribution in [0.1, 0.15) is 19.3 Å². The normalized spacial score (nSPS) is 45.3. The van der Waals surface area contributed by atoms with E-state index in [9.17, 15) is 9.90 Å². The highest BCUT2D eigenvalue weighted by atomic mass is 16.3. The summed E-state index contributed by atoms with van der Waals surface area (Å²) < 4.78 is 0. The monoisotopic (exact) mass is 141 g/mol. The Kier molecular flexibility index (Phi) is 1.06. The molecule has 1 amide bonds. The van der Waals surface area contributed by atoms with Crippen LogP contribution in [0.25, 0.3) is 0 Å². The van der Waals surface area contributed by atoms with Crippen LogP contribution in [0.15, 0.2) is 0 Å². The average molecular weight is 141 g/mol. The number of amides is 1. The number of carbonyl (C=O) groups excluding carboxylic acids is 1. The number of hydrogen-bond acceptors (Lipinski definition) is 2. The molecule has 3 heteroatoms. The zero-order valence-corrected chi connectivity index (χ0v) is 5.76. The molecular weight excluding hydrogens is 130 g/mol. The highest BCUT2D eigenvalue weighted by molar-refractivity contribution is 5.83. The molecule has 2 aliphatic rings. The van der Waals surface area contributed by atoms with E-state index in [0.29, 0.717) is 6.54 Å². The van der Waals surface area contributed by atoms with E-state index in [1.165, 1.54) is 0 Å². The van der Waals surface area contributed by atoms with Gasteiger partial charge in [0.15, 0.2) is 0 Å². The van der Waals surface area contributed by atoms with Crippen molar-refractivity contribution < 1.29 is 9.90 Å². The van der Waals surface area contributed by atoms with Crippen molar-refractivity contribution in [3.8, 4) is 0 Å². The topological polar surface area (TPSA) is 49.3 Å². The van der Waals surface area contributed by atoms with Gasteiger partial charge in [0.1, 0.15) is 0 Å². The summed E-state index contributed by atoms with van der Waals surface area (Å²) in [5.74, 6) is -0.0625. The molecule has 0 aromatic carbocycles. The fourth-order valence-electron chi connectivity index (χ4n) is 2.01. The minimum atomic E-state index is -0.683. The highest BCUT2D eigenvalue weighted by Gasteiger charge is 2.49. The maximum atomic E-state index is 11.0. The van der Waals surface area contributed by atoms with Gasteiger partial charge in [-0.15, -0.1) is 0 Å². The molecule has 1 aliphatic heterocycles. The van der Waals surface area contributed by atoms with Gasteiger partial charge in [0.2, 0.25) is 5.91 Å². The van der Waals surface area contributed by atoms with Gasteiger partial charge in [0.05, 0.1) is 11.5 Å². The summed E-state index contributed by atoms with van der Waals surface area (Å²) in [6, 6.07) is 0. The Hall–Kier alpha value is -0.570. The van der Waals surface area contributed by atoms with E-state index in [4.69, 9.17) is 0 Å². The van der Waals surface area contributed by atoms with Crippen molar-refractivity contribution in [1.29, 1.82) is 0 Å². The van der Waals surface area contributed by atoms with Gasteiger partial charge in [-0.3, -0.25) is 4.79 Å². The van der Waals surface area contributed by atoms with Crippen LogP contribution in [0, 0.1) is 5.92 Å². The number of β-amino-alcohol motifs (C(OH)–C–C–N with tert-alkyl or cyclic N) is 1. The second kappa shape index (κ2) is 1.72.